The number of anilines is 1. The molecule has 2 saturated heterocycles. The number of nitrogens with zero attached hydrogens (tertiary/aromatic N) is 3. The average molecular weight is 447 g/mol. The van der Waals surface area contributed by atoms with E-state index in [1.807, 2.05) is 4.90 Å². The Hall–Kier alpha value is -3.17. The van der Waals surface area contributed by atoms with Crippen LogP contribution in [0.5, 0.6) is 0 Å². The molecule has 0 bridgehead atoms. The second kappa shape index (κ2) is 10.9. The number of pyridine rings is 1. The molecule has 2 aliphatic rings. The van der Waals surface area contributed by atoms with Gasteiger partial charge in [0.1, 0.15) is 5.82 Å². The number of likely N-dealkylation sites (tertiary alicyclic amines) is 1. The van der Waals surface area contributed by atoms with E-state index in [1.54, 1.807) is 24.0 Å². The molecule has 0 atom stereocenters. The van der Waals surface area contributed by atoms with Crippen molar-refractivity contribution in [3.05, 3.63) is 23.9 Å². The zero-order chi connectivity index (χ0) is 23.1. The highest BCUT2D eigenvalue weighted by Crippen LogP contribution is 2.23. The highest BCUT2D eigenvalue weighted by molar-refractivity contribution is 5.92. The summed E-state index contributed by atoms with van der Waals surface area (Å²) in [4.78, 5) is 55.7. The average Bonchev–Trinajstić information content (AvgIpc) is 2.82. The van der Waals surface area contributed by atoms with E-state index in [-0.39, 0.29) is 36.3 Å². The molecule has 0 unspecified atom stereocenters. The molecule has 0 saturated carbocycles. The van der Waals surface area contributed by atoms with Crippen molar-refractivity contribution in [2.75, 3.05) is 44.3 Å². The van der Waals surface area contributed by atoms with Crippen molar-refractivity contribution in [1.82, 2.24) is 9.88 Å². The van der Waals surface area contributed by atoms with Crippen LogP contribution in [0, 0.1) is 11.8 Å². The minimum Gasteiger partial charge on any atom is -0.466 e. The van der Waals surface area contributed by atoms with Gasteiger partial charge in [-0.2, -0.15) is 0 Å². The Labute approximate surface area is 187 Å². The van der Waals surface area contributed by atoms with Crippen molar-refractivity contribution in [2.24, 2.45) is 17.6 Å². The number of esters is 2. The van der Waals surface area contributed by atoms with E-state index in [9.17, 15) is 19.2 Å². The van der Waals surface area contributed by atoms with Crippen LogP contribution in [-0.2, 0) is 23.9 Å². The molecule has 1 aromatic heterocycles. The van der Waals surface area contributed by atoms with Gasteiger partial charge in [-0.1, -0.05) is 0 Å². The summed E-state index contributed by atoms with van der Waals surface area (Å²) in [7, 11) is 0. The summed E-state index contributed by atoms with van der Waals surface area (Å²) in [6.07, 6.45) is 3.75. The van der Waals surface area contributed by atoms with Crippen LogP contribution in [0.4, 0.5) is 5.82 Å². The molecule has 32 heavy (non-hydrogen) atoms. The number of amides is 2. The summed E-state index contributed by atoms with van der Waals surface area (Å²) in [6.45, 7) is 4.01. The lowest BCUT2D eigenvalue weighted by atomic mass is 9.96. The van der Waals surface area contributed by atoms with Crippen LogP contribution < -0.4 is 10.6 Å². The summed E-state index contributed by atoms with van der Waals surface area (Å²) < 4.78 is 10.3. The smallest absolute Gasteiger partial charge is 0.309 e. The molecule has 174 valence electrons. The van der Waals surface area contributed by atoms with Crippen LogP contribution >= 0.6 is 0 Å². The predicted octanol–water partition coefficient (Wildman–Crippen LogP) is 0.742. The maximum Gasteiger partial charge on any atom is 0.309 e. The minimum absolute atomic E-state index is 0.173. The van der Waals surface area contributed by atoms with Crippen LogP contribution in [0.15, 0.2) is 18.3 Å². The summed E-state index contributed by atoms with van der Waals surface area (Å²) >= 11 is 0. The Bertz CT molecular complexity index is 827. The monoisotopic (exact) mass is 446 g/mol. The largest absolute Gasteiger partial charge is 0.466 e. The fourth-order valence-electron chi connectivity index (χ4n) is 4.03. The number of nitrogens with two attached hydrogens (primary N) is 1. The molecule has 1 aromatic rings. The molecular formula is C22H30N4O6. The molecule has 10 heteroatoms. The molecule has 2 N–H and O–H groups in total. The quantitative estimate of drug-likeness (QED) is 0.607. The zero-order valence-electron chi connectivity index (χ0n) is 18.3. The molecule has 2 amide bonds. The fourth-order valence-corrected chi connectivity index (χ4v) is 4.03. The van der Waals surface area contributed by atoms with E-state index >= 15 is 0 Å². The number of carbonyl (C=O) groups is 4. The van der Waals surface area contributed by atoms with Crippen LogP contribution in [0.25, 0.3) is 0 Å². The van der Waals surface area contributed by atoms with Gasteiger partial charge in [-0.15, -0.1) is 0 Å². The summed E-state index contributed by atoms with van der Waals surface area (Å²) in [6, 6.07) is 3.37. The van der Waals surface area contributed by atoms with Crippen molar-refractivity contribution in [2.45, 2.75) is 32.6 Å². The number of rotatable bonds is 7. The topological polar surface area (TPSA) is 132 Å². The minimum atomic E-state index is -0.525. The number of ether oxygens (including phenoxy) is 2. The van der Waals surface area contributed by atoms with Crippen molar-refractivity contribution >= 4 is 29.6 Å². The third-order valence-corrected chi connectivity index (χ3v) is 5.99. The van der Waals surface area contributed by atoms with Crippen LogP contribution in [0.1, 0.15) is 43.0 Å². The lowest BCUT2D eigenvalue weighted by Crippen LogP contribution is -2.43. The molecule has 10 nitrogen and oxygen atoms in total. The number of aromatic nitrogens is 1. The van der Waals surface area contributed by atoms with Crippen molar-refractivity contribution in [3.63, 3.8) is 0 Å². The van der Waals surface area contributed by atoms with E-state index in [0.717, 1.165) is 5.82 Å². The lowest BCUT2D eigenvalue weighted by Gasteiger charge is -2.32. The van der Waals surface area contributed by atoms with Gasteiger partial charge < -0.3 is 25.0 Å². The Morgan fingerprint density at radius 3 is 2.09 bits per heavy atom. The van der Waals surface area contributed by atoms with E-state index in [2.05, 4.69) is 4.98 Å². The highest BCUT2D eigenvalue weighted by atomic mass is 16.5. The van der Waals surface area contributed by atoms with Gasteiger partial charge in [0.25, 0.3) is 5.91 Å². The molecule has 0 aliphatic carbocycles. The summed E-state index contributed by atoms with van der Waals surface area (Å²) in [5.74, 6) is -1.05. The van der Waals surface area contributed by atoms with Gasteiger partial charge in [-0.05, 0) is 44.7 Å². The van der Waals surface area contributed by atoms with E-state index in [0.29, 0.717) is 64.0 Å². The first-order valence-corrected chi connectivity index (χ1v) is 11.0. The normalized spacial score (nSPS) is 17.7. The first-order chi connectivity index (χ1) is 15.4. The van der Waals surface area contributed by atoms with E-state index < -0.39 is 5.91 Å². The molecule has 2 aliphatic heterocycles. The molecule has 0 spiro atoms. The van der Waals surface area contributed by atoms with Crippen molar-refractivity contribution < 1.29 is 28.7 Å². The second-order valence-electron chi connectivity index (χ2n) is 8.05. The predicted molar refractivity (Wildman–Crippen MR) is 115 cm³/mol. The molecule has 0 aromatic carbocycles. The van der Waals surface area contributed by atoms with Crippen LogP contribution in [-0.4, -0.2) is 73.0 Å². The Morgan fingerprint density at radius 1 is 0.969 bits per heavy atom. The maximum absolute atomic E-state index is 12.4. The van der Waals surface area contributed by atoms with Gasteiger partial charge in [-0.3, -0.25) is 19.2 Å². The number of primary amides is 1. The zero-order valence-corrected chi connectivity index (χ0v) is 18.3. The summed E-state index contributed by atoms with van der Waals surface area (Å²) in [5, 5.41) is 0. The van der Waals surface area contributed by atoms with Crippen molar-refractivity contribution in [1.29, 1.82) is 0 Å². The maximum atomic E-state index is 12.4. The molecule has 3 heterocycles. The third kappa shape index (κ3) is 5.95. The number of carbonyl (C=O) groups excluding carboxylic acids is 4. The number of piperidine rings is 2. The molecular weight excluding hydrogens is 416 g/mol. The van der Waals surface area contributed by atoms with Gasteiger partial charge in [0, 0.05) is 32.4 Å². The number of hydrogen-bond acceptors (Lipinski definition) is 8. The number of hydrogen-bond donors (Lipinski definition) is 1. The first kappa shape index (κ1) is 23.5. The molecule has 0 radical (unpaired) electrons. The fraction of sp³-hybridized carbons (Fsp3) is 0.591. The SMILES string of the molecule is CCOC(=O)C1CCN(C(=O)COC(=O)C2CCN(c3ccc(C(N)=O)cn3)CC2)CC1. The van der Waals surface area contributed by atoms with Crippen LogP contribution in [0.2, 0.25) is 0 Å². The summed E-state index contributed by atoms with van der Waals surface area (Å²) in [5.41, 5.74) is 5.58. The third-order valence-electron chi connectivity index (χ3n) is 5.99. The Morgan fingerprint density at radius 2 is 1.56 bits per heavy atom. The van der Waals surface area contributed by atoms with E-state index in [1.165, 1.54) is 6.20 Å². The van der Waals surface area contributed by atoms with Gasteiger partial charge in [0.15, 0.2) is 6.61 Å². The Kier molecular flexibility index (Phi) is 8.02. The van der Waals surface area contributed by atoms with E-state index in [4.69, 9.17) is 15.2 Å². The second-order valence-corrected chi connectivity index (χ2v) is 8.05. The lowest BCUT2D eigenvalue weighted by molar-refractivity contribution is -0.157. The Balaban J connectivity index is 1.38. The van der Waals surface area contributed by atoms with Crippen LogP contribution in [0.3, 0.4) is 0 Å². The van der Waals surface area contributed by atoms with Gasteiger partial charge >= 0.3 is 11.9 Å². The first-order valence-electron chi connectivity index (χ1n) is 11.0. The standard InChI is InChI=1S/C22H30N4O6/c1-2-31-21(29)15-7-11-26(12-8-15)19(27)14-32-22(30)16-5-9-25(10-6-16)18-4-3-17(13-24-18)20(23)28/h3-4,13,15-16H,2,5-12,14H2,1H3,(H2,23,28). The van der Waals surface area contributed by atoms with Gasteiger partial charge in [0.05, 0.1) is 24.0 Å². The molecule has 2 fully saturated rings. The molecule has 3 rings (SSSR count). The highest BCUT2D eigenvalue weighted by Gasteiger charge is 2.30. The van der Waals surface area contributed by atoms with Gasteiger partial charge in [0.2, 0.25) is 5.91 Å². The van der Waals surface area contributed by atoms with Gasteiger partial charge in [-0.25, -0.2) is 4.98 Å². The van der Waals surface area contributed by atoms with Crippen molar-refractivity contribution in [3.8, 4) is 0 Å².